The van der Waals surface area contributed by atoms with Gasteiger partial charge in [0.15, 0.2) is 0 Å². The third-order valence-corrected chi connectivity index (χ3v) is 4.55. The van der Waals surface area contributed by atoms with Crippen molar-refractivity contribution in [1.82, 2.24) is 10.3 Å². The van der Waals surface area contributed by atoms with Crippen LogP contribution in [0, 0.1) is 11.2 Å². The van der Waals surface area contributed by atoms with Crippen LogP contribution in [-0.2, 0) is 4.74 Å². The molecule has 0 aromatic carbocycles. The quantitative estimate of drug-likeness (QED) is 0.895. The highest BCUT2D eigenvalue weighted by atomic mass is 19.1. The molecular formula is C14H20FN3O2. The Hall–Kier alpha value is -1.69. The predicted octanol–water partition coefficient (Wildman–Crippen LogP) is 2.55. The van der Waals surface area contributed by atoms with Crippen LogP contribution in [-0.4, -0.2) is 29.8 Å². The molecule has 1 aliphatic carbocycles. The number of aromatic nitrogens is 1. The molecule has 2 amide bonds. The van der Waals surface area contributed by atoms with Gasteiger partial charge in [-0.25, -0.2) is 14.2 Å². The van der Waals surface area contributed by atoms with Crippen molar-refractivity contribution >= 4 is 11.8 Å². The number of amides is 2. The molecule has 2 atom stereocenters. The van der Waals surface area contributed by atoms with Crippen LogP contribution in [0.2, 0.25) is 0 Å². The first-order valence-electron chi connectivity index (χ1n) is 6.53. The third kappa shape index (κ3) is 2.47. The minimum Gasteiger partial charge on any atom is -0.378 e. The van der Waals surface area contributed by atoms with Gasteiger partial charge in [-0.2, -0.15) is 0 Å². The summed E-state index contributed by atoms with van der Waals surface area (Å²) in [5.41, 5.74) is -0.394. The number of ether oxygens (including phenoxy) is 1. The Labute approximate surface area is 117 Å². The van der Waals surface area contributed by atoms with E-state index < -0.39 is 5.82 Å². The zero-order chi connectivity index (χ0) is 15.0. The predicted molar refractivity (Wildman–Crippen MR) is 73.9 cm³/mol. The second kappa shape index (κ2) is 5.01. The lowest BCUT2D eigenvalue weighted by Crippen LogP contribution is -2.68. The van der Waals surface area contributed by atoms with Crippen LogP contribution in [0.25, 0.3) is 0 Å². The molecule has 1 heterocycles. The zero-order valence-corrected chi connectivity index (χ0v) is 12.2. The molecule has 0 bridgehead atoms. The van der Waals surface area contributed by atoms with Crippen LogP contribution in [0.3, 0.4) is 0 Å². The molecule has 2 N–H and O–H groups in total. The Bertz CT molecular complexity index is 504. The minimum atomic E-state index is -0.438. The van der Waals surface area contributed by atoms with Crippen molar-refractivity contribution in [2.45, 2.75) is 38.8 Å². The normalized spacial score (nSPS) is 27.6. The van der Waals surface area contributed by atoms with Gasteiger partial charge in [-0.1, -0.05) is 13.8 Å². The number of methoxy groups -OCH3 is 1. The molecule has 1 saturated carbocycles. The minimum absolute atomic E-state index is 0.0212. The summed E-state index contributed by atoms with van der Waals surface area (Å²) in [7, 11) is 1.68. The maximum atomic E-state index is 12.7. The van der Waals surface area contributed by atoms with E-state index in [-0.39, 0.29) is 23.1 Å². The number of hydrogen-bond acceptors (Lipinski definition) is 3. The molecule has 6 heteroatoms. The van der Waals surface area contributed by atoms with Crippen molar-refractivity contribution in [3.05, 3.63) is 24.1 Å². The first kappa shape index (κ1) is 14.7. The van der Waals surface area contributed by atoms with E-state index in [2.05, 4.69) is 29.5 Å². The average molecular weight is 281 g/mol. The van der Waals surface area contributed by atoms with E-state index in [1.54, 1.807) is 7.11 Å². The van der Waals surface area contributed by atoms with Crippen molar-refractivity contribution < 1.29 is 13.9 Å². The Balaban J connectivity index is 1.92. The number of carbonyl (C=O) groups is 1. The van der Waals surface area contributed by atoms with Crippen LogP contribution in [0.1, 0.15) is 27.2 Å². The molecule has 1 fully saturated rings. The highest BCUT2D eigenvalue weighted by Crippen LogP contribution is 2.51. The molecule has 110 valence electrons. The molecular weight excluding hydrogens is 261 g/mol. The Morgan fingerprint density at radius 3 is 2.65 bits per heavy atom. The molecule has 0 radical (unpaired) electrons. The lowest BCUT2D eigenvalue weighted by molar-refractivity contribution is -0.177. The Morgan fingerprint density at radius 2 is 2.15 bits per heavy atom. The first-order chi connectivity index (χ1) is 9.28. The molecule has 1 aliphatic rings. The lowest BCUT2D eigenvalue weighted by Gasteiger charge is -2.58. The fourth-order valence-corrected chi connectivity index (χ4v) is 2.48. The number of nitrogens with zero attached hydrogens (tertiary/aromatic N) is 1. The van der Waals surface area contributed by atoms with Crippen molar-refractivity contribution in [2.75, 3.05) is 12.4 Å². The number of pyridine rings is 1. The van der Waals surface area contributed by atoms with Gasteiger partial charge in [-0.05, 0) is 25.5 Å². The zero-order valence-electron chi connectivity index (χ0n) is 12.2. The lowest BCUT2D eigenvalue weighted by atomic mass is 9.56. The second-order valence-corrected chi connectivity index (χ2v) is 5.87. The van der Waals surface area contributed by atoms with Crippen molar-refractivity contribution in [2.24, 2.45) is 5.41 Å². The molecule has 2 rings (SSSR count). The van der Waals surface area contributed by atoms with Crippen molar-refractivity contribution in [3.8, 4) is 0 Å². The van der Waals surface area contributed by atoms with E-state index in [4.69, 9.17) is 4.74 Å². The van der Waals surface area contributed by atoms with E-state index in [9.17, 15) is 9.18 Å². The van der Waals surface area contributed by atoms with E-state index in [0.29, 0.717) is 5.82 Å². The van der Waals surface area contributed by atoms with Gasteiger partial charge in [0.1, 0.15) is 11.6 Å². The maximum absolute atomic E-state index is 12.7. The highest BCUT2D eigenvalue weighted by molar-refractivity contribution is 5.88. The third-order valence-electron chi connectivity index (χ3n) is 4.55. The van der Waals surface area contributed by atoms with Gasteiger partial charge in [0.05, 0.1) is 11.8 Å². The second-order valence-electron chi connectivity index (χ2n) is 5.87. The van der Waals surface area contributed by atoms with E-state index >= 15 is 0 Å². The standard InChI is InChI=1S/C14H20FN3O2/c1-13(2)10(7-14(13,3)20-4)17-12(19)18-11-6-5-9(15)8-16-11/h5-6,8,10H,7H2,1-4H3,(H2,16,17,18,19)/t10-,14+/m0/s1. The van der Waals surface area contributed by atoms with Crippen LogP contribution >= 0.6 is 0 Å². The van der Waals surface area contributed by atoms with Gasteiger partial charge in [0.25, 0.3) is 0 Å². The van der Waals surface area contributed by atoms with Gasteiger partial charge in [-0.3, -0.25) is 5.32 Å². The Morgan fingerprint density at radius 1 is 1.45 bits per heavy atom. The van der Waals surface area contributed by atoms with Crippen LogP contribution < -0.4 is 10.6 Å². The topological polar surface area (TPSA) is 63.2 Å². The molecule has 5 nitrogen and oxygen atoms in total. The number of halogens is 1. The first-order valence-corrected chi connectivity index (χ1v) is 6.53. The smallest absolute Gasteiger partial charge is 0.320 e. The molecule has 1 aromatic rings. The van der Waals surface area contributed by atoms with Crippen molar-refractivity contribution in [1.29, 1.82) is 0 Å². The van der Waals surface area contributed by atoms with E-state index in [0.717, 1.165) is 12.6 Å². The highest BCUT2D eigenvalue weighted by Gasteiger charge is 2.58. The van der Waals surface area contributed by atoms with Crippen molar-refractivity contribution in [3.63, 3.8) is 0 Å². The summed E-state index contributed by atoms with van der Waals surface area (Å²) in [4.78, 5) is 15.7. The summed E-state index contributed by atoms with van der Waals surface area (Å²) in [6.07, 6.45) is 1.81. The molecule has 0 spiro atoms. The fraction of sp³-hybridized carbons (Fsp3) is 0.571. The number of urea groups is 1. The van der Waals surface area contributed by atoms with Gasteiger partial charge in [-0.15, -0.1) is 0 Å². The van der Waals surface area contributed by atoms with E-state index in [1.165, 1.54) is 12.1 Å². The van der Waals surface area contributed by atoms with Gasteiger partial charge in [0.2, 0.25) is 0 Å². The number of rotatable bonds is 3. The fourth-order valence-electron chi connectivity index (χ4n) is 2.48. The number of anilines is 1. The summed E-state index contributed by atoms with van der Waals surface area (Å²) in [5, 5.41) is 5.48. The molecule has 0 saturated heterocycles. The van der Waals surface area contributed by atoms with Crippen LogP contribution in [0.4, 0.5) is 15.0 Å². The summed E-state index contributed by atoms with van der Waals surface area (Å²) in [6, 6.07) is 2.34. The summed E-state index contributed by atoms with van der Waals surface area (Å²) < 4.78 is 18.2. The molecule has 1 aromatic heterocycles. The average Bonchev–Trinajstić information content (AvgIpc) is 2.40. The van der Waals surface area contributed by atoms with Crippen LogP contribution in [0.15, 0.2) is 18.3 Å². The largest absolute Gasteiger partial charge is 0.378 e. The number of hydrogen-bond donors (Lipinski definition) is 2. The maximum Gasteiger partial charge on any atom is 0.320 e. The summed E-state index contributed by atoms with van der Waals surface area (Å²) >= 11 is 0. The molecule has 0 unspecified atom stereocenters. The Kier molecular flexibility index (Phi) is 3.69. The van der Waals surface area contributed by atoms with Crippen LogP contribution in [0.5, 0.6) is 0 Å². The van der Waals surface area contributed by atoms with Gasteiger partial charge >= 0.3 is 6.03 Å². The van der Waals surface area contributed by atoms with Gasteiger partial charge < -0.3 is 10.1 Å². The van der Waals surface area contributed by atoms with Gasteiger partial charge in [0, 0.05) is 18.6 Å². The molecule has 0 aliphatic heterocycles. The monoisotopic (exact) mass is 281 g/mol. The van der Waals surface area contributed by atoms with E-state index in [1.807, 2.05) is 6.92 Å². The molecule has 20 heavy (non-hydrogen) atoms. The summed E-state index contributed by atoms with van der Waals surface area (Å²) in [5.74, 6) is -0.123. The number of carbonyl (C=O) groups excluding carboxylic acids is 1. The SMILES string of the molecule is CO[C@]1(C)C[C@H](NC(=O)Nc2ccc(F)cn2)C1(C)C. The summed E-state index contributed by atoms with van der Waals surface area (Å²) in [6.45, 7) is 6.15. The number of nitrogens with one attached hydrogen (secondary N) is 2.